The van der Waals surface area contributed by atoms with Crippen LogP contribution < -0.4 is 9.47 Å². The van der Waals surface area contributed by atoms with E-state index in [0.29, 0.717) is 25.7 Å². The summed E-state index contributed by atoms with van der Waals surface area (Å²) in [4.78, 5) is 98.3. The molecule has 0 bridgehead atoms. The molecular weight excluding hydrogens is 751 g/mol. The maximum atomic E-state index is 13.1. The van der Waals surface area contributed by atoms with Crippen molar-refractivity contribution in [3.05, 3.63) is 82.9 Å². The van der Waals surface area contributed by atoms with Crippen molar-refractivity contribution in [1.29, 1.82) is 0 Å². The number of rotatable bonds is 20. The predicted octanol–water partition coefficient (Wildman–Crippen LogP) is 7.05. The molecule has 0 aliphatic heterocycles. The summed E-state index contributed by atoms with van der Waals surface area (Å²) < 4.78 is 29.7. The highest BCUT2D eigenvalue weighted by atomic mass is 35.5. The minimum absolute atomic E-state index is 0.00382. The zero-order valence-corrected chi connectivity index (χ0v) is 30.7. The average molecular weight is 790 g/mol. The van der Waals surface area contributed by atoms with Crippen LogP contribution in [-0.4, -0.2) is 73.8 Å². The fraction of sp³-hybridized carbons (Fsp3) is 0.368. The predicted molar refractivity (Wildman–Crippen MR) is 192 cm³/mol. The van der Waals surface area contributed by atoms with Crippen LogP contribution in [0.15, 0.2) is 61.7 Å². The first kappa shape index (κ1) is 43.1. The summed E-state index contributed by atoms with van der Waals surface area (Å²) in [5.74, 6) is -5.63. The standard InChI is InChI=1S/C38H38Cl2O14/c1-3-31(41)49-17-5-7-19-51-37(47)53-25-13-15-27(29(39)21-25)35(45)33(43)23-9-11-24(12-10-23)34(44)36(46)28-16-14-26(22-30(28)40)54-38(48)52-20-8-6-18-50-32(42)4-2/h3-4,13-16,21-24H,1-2,5-12,17-20H2. The molecule has 0 amide bonds. The smallest absolute Gasteiger partial charge is 0.463 e. The number of ether oxygens (including phenoxy) is 6. The van der Waals surface area contributed by atoms with Crippen LogP contribution in [-0.2, 0) is 38.1 Å². The first-order valence-corrected chi connectivity index (χ1v) is 17.6. The molecule has 14 nitrogen and oxygen atoms in total. The average Bonchev–Trinajstić information content (AvgIpc) is 3.16. The second-order valence-electron chi connectivity index (χ2n) is 11.8. The van der Waals surface area contributed by atoms with E-state index in [9.17, 15) is 38.4 Å². The van der Waals surface area contributed by atoms with E-state index in [1.165, 1.54) is 36.4 Å². The number of hydrogen-bond donors (Lipinski definition) is 0. The Kier molecular flexibility index (Phi) is 17.6. The minimum atomic E-state index is -1.02. The summed E-state index contributed by atoms with van der Waals surface area (Å²) in [5.41, 5.74) is -0.187. The van der Waals surface area contributed by atoms with E-state index < -0.39 is 59.2 Å². The topological polar surface area (TPSA) is 192 Å². The van der Waals surface area contributed by atoms with E-state index in [1.54, 1.807) is 0 Å². The van der Waals surface area contributed by atoms with Gasteiger partial charge >= 0.3 is 24.2 Å². The minimum Gasteiger partial charge on any atom is -0.463 e. The normalized spacial score (nSPS) is 14.8. The highest BCUT2D eigenvalue weighted by Crippen LogP contribution is 2.33. The van der Waals surface area contributed by atoms with Crippen molar-refractivity contribution in [3.63, 3.8) is 0 Å². The van der Waals surface area contributed by atoms with Crippen LogP contribution in [0.1, 0.15) is 72.1 Å². The van der Waals surface area contributed by atoms with Gasteiger partial charge < -0.3 is 28.4 Å². The molecule has 1 aliphatic rings. The lowest BCUT2D eigenvalue weighted by Crippen LogP contribution is -2.32. The van der Waals surface area contributed by atoms with Crippen molar-refractivity contribution in [2.24, 2.45) is 11.8 Å². The Hall–Kier alpha value is -5.34. The highest BCUT2D eigenvalue weighted by Gasteiger charge is 2.36. The third-order valence-electron chi connectivity index (χ3n) is 8.03. The van der Waals surface area contributed by atoms with Gasteiger partial charge in [0.05, 0.1) is 36.5 Å². The number of halogens is 2. The number of esters is 2. The van der Waals surface area contributed by atoms with Crippen LogP contribution in [0.25, 0.3) is 0 Å². The molecule has 0 atom stereocenters. The van der Waals surface area contributed by atoms with Crippen LogP contribution in [0.2, 0.25) is 10.0 Å². The summed E-state index contributed by atoms with van der Waals surface area (Å²) in [6.07, 6.45) is 2.47. The number of hydrogen-bond acceptors (Lipinski definition) is 14. The molecule has 2 aromatic rings. The van der Waals surface area contributed by atoms with Gasteiger partial charge in [-0.25, -0.2) is 19.2 Å². The van der Waals surface area contributed by atoms with Crippen molar-refractivity contribution < 1.29 is 66.8 Å². The number of ketones is 4. The number of Topliss-reactive ketones (excluding diaryl/α,β-unsaturated/α-hetero) is 4. The number of carbonyl (C=O) groups is 8. The maximum Gasteiger partial charge on any atom is 0.513 e. The molecule has 0 unspecified atom stereocenters. The van der Waals surface area contributed by atoms with Crippen molar-refractivity contribution in [1.82, 2.24) is 0 Å². The Morgan fingerprint density at radius 1 is 0.556 bits per heavy atom. The second-order valence-corrected chi connectivity index (χ2v) is 12.6. The van der Waals surface area contributed by atoms with Gasteiger partial charge in [-0.2, -0.15) is 0 Å². The first-order valence-electron chi connectivity index (χ1n) is 16.9. The third kappa shape index (κ3) is 13.6. The van der Waals surface area contributed by atoms with E-state index in [2.05, 4.69) is 13.2 Å². The Labute approximate surface area is 320 Å². The van der Waals surface area contributed by atoms with Gasteiger partial charge in [0.25, 0.3) is 0 Å². The fourth-order valence-electron chi connectivity index (χ4n) is 5.17. The fourth-order valence-corrected chi connectivity index (χ4v) is 5.69. The monoisotopic (exact) mass is 788 g/mol. The Bertz CT molecular complexity index is 1630. The van der Waals surface area contributed by atoms with Crippen molar-refractivity contribution in [2.75, 3.05) is 26.4 Å². The first-order chi connectivity index (χ1) is 25.8. The van der Waals surface area contributed by atoms with Gasteiger partial charge in [-0.05, 0) is 75.6 Å². The molecule has 0 radical (unpaired) electrons. The number of carbonyl (C=O) groups excluding carboxylic acids is 8. The van der Waals surface area contributed by atoms with E-state index in [0.717, 1.165) is 12.2 Å². The van der Waals surface area contributed by atoms with Crippen molar-refractivity contribution in [3.8, 4) is 11.5 Å². The molecule has 1 saturated carbocycles. The summed E-state index contributed by atoms with van der Waals surface area (Å²) in [6.45, 7) is 6.86. The van der Waals surface area contributed by atoms with Gasteiger partial charge in [0.15, 0.2) is 0 Å². The number of unbranched alkanes of at least 4 members (excludes halogenated alkanes) is 2. The van der Waals surface area contributed by atoms with Crippen LogP contribution in [0, 0.1) is 11.8 Å². The maximum absolute atomic E-state index is 13.1. The molecule has 1 fully saturated rings. The van der Waals surface area contributed by atoms with Crippen LogP contribution in [0.3, 0.4) is 0 Å². The Morgan fingerprint density at radius 2 is 0.889 bits per heavy atom. The molecular formula is C38H38Cl2O14. The van der Waals surface area contributed by atoms with E-state index in [1.807, 2.05) is 0 Å². The van der Waals surface area contributed by atoms with Gasteiger partial charge in [0.2, 0.25) is 23.1 Å². The Balaban J connectivity index is 1.43. The molecule has 0 saturated heterocycles. The molecule has 0 N–H and O–H groups in total. The van der Waals surface area contributed by atoms with Gasteiger partial charge in [0.1, 0.15) is 11.5 Å². The molecule has 2 aromatic carbocycles. The lowest BCUT2D eigenvalue weighted by Gasteiger charge is -2.26. The van der Waals surface area contributed by atoms with Crippen molar-refractivity contribution >= 4 is 70.6 Å². The van der Waals surface area contributed by atoms with Crippen LogP contribution in [0.5, 0.6) is 11.5 Å². The Morgan fingerprint density at radius 3 is 1.20 bits per heavy atom. The SMILES string of the molecule is C=CC(=O)OCCCCOC(=O)Oc1ccc(C(=O)C(=O)C2CCC(C(=O)C(=O)c3ccc(OC(=O)OCCCCOC(=O)C=C)cc3Cl)CC2)c(Cl)c1. The lowest BCUT2D eigenvalue weighted by atomic mass is 9.76. The van der Waals surface area contributed by atoms with E-state index in [-0.39, 0.29) is 84.8 Å². The molecule has 0 spiro atoms. The highest BCUT2D eigenvalue weighted by molar-refractivity contribution is 6.49. The van der Waals surface area contributed by atoms with E-state index >= 15 is 0 Å². The largest absolute Gasteiger partial charge is 0.513 e. The molecule has 0 aromatic heterocycles. The molecule has 54 heavy (non-hydrogen) atoms. The molecule has 16 heteroatoms. The summed E-state index contributed by atoms with van der Waals surface area (Å²) in [5, 5.41) is -0.244. The van der Waals surface area contributed by atoms with Gasteiger partial charge in [-0.3, -0.25) is 19.2 Å². The summed E-state index contributed by atoms with van der Waals surface area (Å²) in [7, 11) is 0. The van der Waals surface area contributed by atoms with E-state index in [4.69, 9.17) is 51.6 Å². The zero-order valence-electron chi connectivity index (χ0n) is 29.1. The number of benzene rings is 2. The molecule has 1 aliphatic carbocycles. The molecule has 0 heterocycles. The van der Waals surface area contributed by atoms with Crippen LogP contribution >= 0.6 is 23.2 Å². The molecule has 3 rings (SSSR count). The van der Waals surface area contributed by atoms with Crippen LogP contribution in [0.4, 0.5) is 9.59 Å². The van der Waals surface area contributed by atoms with Gasteiger partial charge in [-0.15, -0.1) is 0 Å². The quantitative estimate of drug-likeness (QED) is 0.0252. The summed E-state index contributed by atoms with van der Waals surface area (Å²) in [6, 6.07) is 7.48. The van der Waals surface area contributed by atoms with Crippen molar-refractivity contribution in [2.45, 2.75) is 51.4 Å². The second kappa shape index (κ2) is 22.0. The zero-order chi connectivity index (χ0) is 39.6. The van der Waals surface area contributed by atoms with Gasteiger partial charge in [-0.1, -0.05) is 36.4 Å². The third-order valence-corrected chi connectivity index (χ3v) is 8.65. The lowest BCUT2D eigenvalue weighted by molar-refractivity contribution is -0.138. The van der Waals surface area contributed by atoms with Gasteiger partial charge in [0, 0.05) is 47.2 Å². The summed E-state index contributed by atoms with van der Waals surface area (Å²) >= 11 is 12.5. The molecule has 288 valence electrons.